The van der Waals surface area contributed by atoms with Crippen molar-refractivity contribution in [2.75, 3.05) is 18.1 Å². The molecule has 1 aliphatic rings. The number of ether oxygens (including phenoxy) is 1. The molecule has 0 N–H and O–H groups in total. The SMILES string of the molecule is CCOc1ccccc1-c1cc(N2CCCCC2=O)ncn1. The van der Waals surface area contributed by atoms with Crippen LogP contribution in [0, 0.1) is 0 Å². The fraction of sp³-hybridized carbons (Fsp3) is 0.353. The molecule has 0 spiro atoms. The maximum absolute atomic E-state index is 12.1. The Bertz CT molecular complexity index is 672. The van der Waals surface area contributed by atoms with E-state index in [0.29, 0.717) is 18.8 Å². The molecule has 1 saturated heterocycles. The predicted molar refractivity (Wildman–Crippen MR) is 84.8 cm³/mol. The highest BCUT2D eigenvalue weighted by molar-refractivity contribution is 5.93. The summed E-state index contributed by atoms with van der Waals surface area (Å²) in [4.78, 5) is 22.4. The molecule has 3 rings (SSSR count). The highest BCUT2D eigenvalue weighted by atomic mass is 16.5. The predicted octanol–water partition coefficient (Wildman–Crippen LogP) is 3.06. The summed E-state index contributed by atoms with van der Waals surface area (Å²) in [7, 11) is 0. The summed E-state index contributed by atoms with van der Waals surface area (Å²) >= 11 is 0. The summed E-state index contributed by atoms with van der Waals surface area (Å²) in [6, 6.07) is 9.64. The summed E-state index contributed by atoms with van der Waals surface area (Å²) in [5, 5.41) is 0. The lowest BCUT2D eigenvalue weighted by Crippen LogP contribution is -2.35. The van der Waals surface area contributed by atoms with E-state index in [2.05, 4.69) is 9.97 Å². The van der Waals surface area contributed by atoms with Crippen LogP contribution >= 0.6 is 0 Å². The maximum atomic E-state index is 12.1. The summed E-state index contributed by atoms with van der Waals surface area (Å²) in [5.41, 5.74) is 1.69. The second-order valence-electron chi connectivity index (χ2n) is 5.19. The van der Waals surface area contributed by atoms with Crippen LogP contribution in [-0.4, -0.2) is 29.0 Å². The zero-order valence-corrected chi connectivity index (χ0v) is 12.7. The summed E-state index contributed by atoms with van der Waals surface area (Å²) < 4.78 is 5.66. The second kappa shape index (κ2) is 6.56. The third kappa shape index (κ3) is 2.93. The van der Waals surface area contributed by atoms with E-state index >= 15 is 0 Å². The van der Waals surface area contributed by atoms with Gasteiger partial charge in [-0.2, -0.15) is 0 Å². The number of hydrogen-bond acceptors (Lipinski definition) is 4. The molecular weight excluding hydrogens is 278 g/mol. The number of nitrogens with zero attached hydrogens (tertiary/aromatic N) is 3. The van der Waals surface area contributed by atoms with E-state index < -0.39 is 0 Å². The molecule has 5 nitrogen and oxygen atoms in total. The van der Waals surface area contributed by atoms with Crippen LogP contribution in [-0.2, 0) is 4.79 Å². The molecule has 1 amide bonds. The van der Waals surface area contributed by atoms with Crippen LogP contribution < -0.4 is 9.64 Å². The Morgan fingerprint density at radius 1 is 1.23 bits per heavy atom. The molecule has 2 aromatic rings. The van der Waals surface area contributed by atoms with Crippen molar-refractivity contribution in [3.8, 4) is 17.0 Å². The molecule has 114 valence electrons. The van der Waals surface area contributed by atoms with Gasteiger partial charge in [-0.1, -0.05) is 12.1 Å². The number of aromatic nitrogens is 2. The minimum absolute atomic E-state index is 0.133. The van der Waals surface area contributed by atoms with Crippen molar-refractivity contribution in [3.63, 3.8) is 0 Å². The van der Waals surface area contributed by atoms with Crippen molar-refractivity contribution in [2.24, 2.45) is 0 Å². The lowest BCUT2D eigenvalue weighted by Gasteiger charge is -2.25. The smallest absolute Gasteiger partial charge is 0.228 e. The number of benzene rings is 1. The molecule has 1 aromatic heterocycles. The maximum Gasteiger partial charge on any atom is 0.228 e. The van der Waals surface area contributed by atoms with Gasteiger partial charge in [-0.05, 0) is 31.9 Å². The Hall–Kier alpha value is -2.43. The van der Waals surface area contributed by atoms with Crippen molar-refractivity contribution >= 4 is 11.7 Å². The van der Waals surface area contributed by atoms with Crippen molar-refractivity contribution < 1.29 is 9.53 Å². The van der Waals surface area contributed by atoms with Gasteiger partial charge in [0.05, 0.1) is 12.3 Å². The Labute approximate surface area is 130 Å². The summed E-state index contributed by atoms with van der Waals surface area (Å²) in [6.45, 7) is 3.27. The first kappa shape index (κ1) is 14.5. The van der Waals surface area contributed by atoms with E-state index in [-0.39, 0.29) is 5.91 Å². The largest absolute Gasteiger partial charge is 0.493 e. The number of carbonyl (C=O) groups excluding carboxylic acids is 1. The fourth-order valence-electron chi connectivity index (χ4n) is 2.65. The Balaban J connectivity index is 1.96. The number of amides is 1. The lowest BCUT2D eigenvalue weighted by atomic mass is 10.1. The normalized spacial score (nSPS) is 15.0. The van der Waals surface area contributed by atoms with Crippen molar-refractivity contribution in [1.82, 2.24) is 9.97 Å². The van der Waals surface area contributed by atoms with E-state index in [0.717, 1.165) is 36.4 Å². The summed E-state index contributed by atoms with van der Waals surface area (Å²) in [5.74, 6) is 1.59. The first-order chi connectivity index (χ1) is 10.8. The molecule has 0 atom stereocenters. The lowest BCUT2D eigenvalue weighted by molar-refractivity contribution is -0.119. The van der Waals surface area contributed by atoms with E-state index in [1.165, 1.54) is 6.33 Å². The molecule has 0 radical (unpaired) electrons. The molecular formula is C17H19N3O2. The molecule has 1 aromatic carbocycles. The van der Waals surface area contributed by atoms with E-state index in [4.69, 9.17) is 4.74 Å². The number of anilines is 1. The molecule has 2 heterocycles. The average molecular weight is 297 g/mol. The van der Waals surface area contributed by atoms with E-state index in [1.54, 1.807) is 4.90 Å². The van der Waals surface area contributed by atoms with Gasteiger partial charge in [0.15, 0.2) is 0 Å². The van der Waals surface area contributed by atoms with Gasteiger partial charge in [0, 0.05) is 24.6 Å². The van der Waals surface area contributed by atoms with Gasteiger partial charge in [-0.15, -0.1) is 0 Å². The van der Waals surface area contributed by atoms with Crippen molar-refractivity contribution in [2.45, 2.75) is 26.2 Å². The van der Waals surface area contributed by atoms with Gasteiger partial charge in [0.1, 0.15) is 17.9 Å². The van der Waals surface area contributed by atoms with Crippen LogP contribution in [0.2, 0.25) is 0 Å². The zero-order chi connectivity index (χ0) is 15.4. The molecule has 22 heavy (non-hydrogen) atoms. The number of hydrogen-bond donors (Lipinski definition) is 0. The first-order valence-electron chi connectivity index (χ1n) is 7.64. The van der Waals surface area contributed by atoms with Gasteiger partial charge >= 0.3 is 0 Å². The van der Waals surface area contributed by atoms with E-state index in [1.807, 2.05) is 37.3 Å². The number of rotatable bonds is 4. The van der Waals surface area contributed by atoms with Crippen LogP contribution in [0.1, 0.15) is 26.2 Å². The van der Waals surface area contributed by atoms with Gasteiger partial charge < -0.3 is 4.74 Å². The highest BCUT2D eigenvalue weighted by Gasteiger charge is 2.21. The zero-order valence-electron chi connectivity index (χ0n) is 12.7. The number of carbonyl (C=O) groups is 1. The Morgan fingerprint density at radius 2 is 2.09 bits per heavy atom. The van der Waals surface area contributed by atoms with Gasteiger partial charge in [0.25, 0.3) is 0 Å². The van der Waals surface area contributed by atoms with Crippen LogP contribution in [0.4, 0.5) is 5.82 Å². The third-order valence-corrected chi connectivity index (χ3v) is 3.72. The fourth-order valence-corrected chi connectivity index (χ4v) is 2.65. The van der Waals surface area contributed by atoms with Crippen molar-refractivity contribution in [1.29, 1.82) is 0 Å². The quantitative estimate of drug-likeness (QED) is 0.870. The molecule has 0 aliphatic carbocycles. The third-order valence-electron chi connectivity index (χ3n) is 3.72. The summed E-state index contributed by atoms with van der Waals surface area (Å²) in [6.07, 6.45) is 4.07. The molecule has 0 bridgehead atoms. The first-order valence-corrected chi connectivity index (χ1v) is 7.64. The van der Waals surface area contributed by atoms with Gasteiger partial charge in [-0.25, -0.2) is 9.97 Å². The molecule has 5 heteroatoms. The van der Waals surface area contributed by atoms with Crippen LogP contribution in [0.25, 0.3) is 11.3 Å². The van der Waals surface area contributed by atoms with Gasteiger partial charge in [-0.3, -0.25) is 9.69 Å². The molecule has 0 unspecified atom stereocenters. The van der Waals surface area contributed by atoms with Gasteiger partial charge in [0.2, 0.25) is 5.91 Å². The van der Waals surface area contributed by atoms with Crippen LogP contribution in [0.3, 0.4) is 0 Å². The number of para-hydroxylation sites is 1. The molecule has 1 aliphatic heterocycles. The Morgan fingerprint density at radius 3 is 2.91 bits per heavy atom. The standard InChI is InChI=1S/C17H19N3O2/c1-2-22-15-8-4-3-7-13(15)14-11-16(19-12-18-14)20-10-6-5-9-17(20)21/h3-4,7-8,11-12H,2,5-6,9-10H2,1H3. The Kier molecular flexibility index (Phi) is 4.32. The minimum atomic E-state index is 0.133. The topological polar surface area (TPSA) is 55.3 Å². The molecule has 1 fully saturated rings. The van der Waals surface area contributed by atoms with E-state index in [9.17, 15) is 4.79 Å². The average Bonchev–Trinajstić information content (AvgIpc) is 2.56. The number of piperidine rings is 1. The van der Waals surface area contributed by atoms with Crippen molar-refractivity contribution in [3.05, 3.63) is 36.7 Å². The highest BCUT2D eigenvalue weighted by Crippen LogP contribution is 2.30. The molecule has 0 saturated carbocycles. The second-order valence-corrected chi connectivity index (χ2v) is 5.19. The monoisotopic (exact) mass is 297 g/mol. The van der Waals surface area contributed by atoms with Crippen LogP contribution in [0.5, 0.6) is 5.75 Å². The van der Waals surface area contributed by atoms with Crippen LogP contribution in [0.15, 0.2) is 36.7 Å². The minimum Gasteiger partial charge on any atom is -0.493 e.